The fraction of sp³-hybridized carbons (Fsp3) is 0.588. The van der Waals surface area contributed by atoms with E-state index >= 15 is 0 Å². The van der Waals surface area contributed by atoms with E-state index in [-0.39, 0.29) is 6.09 Å². The maximum Gasteiger partial charge on any atom is 0.409 e. The van der Waals surface area contributed by atoms with E-state index in [0.717, 1.165) is 32.7 Å². The van der Waals surface area contributed by atoms with E-state index in [1.54, 1.807) is 4.90 Å². The summed E-state index contributed by atoms with van der Waals surface area (Å²) in [4.78, 5) is 18.1. The number of benzene rings is 1. The summed E-state index contributed by atoms with van der Waals surface area (Å²) in [6.45, 7) is 5.12. The number of nitrogens with zero attached hydrogens (tertiary/aromatic N) is 3. The Bertz CT molecular complexity index is 494. The highest BCUT2D eigenvalue weighted by Crippen LogP contribution is 2.21. The molecule has 0 radical (unpaired) electrons. The van der Waals surface area contributed by atoms with Crippen molar-refractivity contribution in [3.05, 3.63) is 30.3 Å². The van der Waals surface area contributed by atoms with Gasteiger partial charge in [-0.2, -0.15) is 0 Å². The molecule has 0 saturated carbocycles. The van der Waals surface area contributed by atoms with E-state index in [9.17, 15) is 4.79 Å². The zero-order valence-corrected chi connectivity index (χ0v) is 13.3. The molecule has 0 bridgehead atoms. The number of likely N-dealkylation sites (N-methyl/N-ethyl adjacent to an activating group) is 1. The van der Waals surface area contributed by atoms with Crippen LogP contribution in [0.3, 0.4) is 0 Å². The molecule has 22 heavy (non-hydrogen) atoms. The summed E-state index contributed by atoms with van der Waals surface area (Å²) < 4.78 is 4.98. The highest BCUT2D eigenvalue weighted by atomic mass is 16.6. The summed E-state index contributed by atoms with van der Waals surface area (Å²) in [6.07, 6.45) is 2.28. The molecule has 3 rings (SSSR count). The summed E-state index contributed by atoms with van der Waals surface area (Å²) in [5.41, 5.74) is 1.31. The Balaban J connectivity index is 1.51. The van der Waals surface area contributed by atoms with E-state index in [1.807, 2.05) is 0 Å². The number of anilines is 1. The van der Waals surface area contributed by atoms with Gasteiger partial charge in [0.25, 0.3) is 0 Å². The van der Waals surface area contributed by atoms with Crippen LogP contribution in [-0.4, -0.2) is 68.3 Å². The highest BCUT2D eigenvalue weighted by molar-refractivity contribution is 5.69. The second-order valence-electron chi connectivity index (χ2n) is 6.16. The van der Waals surface area contributed by atoms with Crippen LogP contribution < -0.4 is 4.90 Å². The van der Waals surface area contributed by atoms with Crippen molar-refractivity contribution in [1.29, 1.82) is 0 Å². The second-order valence-corrected chi connectivity index (χ2v) is 6.16. The molecule has 2 heterocycles. The number of para-hydroxylation sites is 1. The van der Waals surface area contributed by atoms with Crippen molar-refractivity contribution < 1.29 is 9.53 Å². The minimum absolute atomic E-state index is 0.164. The van der Waals surface area contributed by atoms with E-state index in [1.165, 1.54) is 18.5 Å². The Morgan fingerprint density at radius 2 is 2.09 bits per heavy atom. The van der Waals surface area contributed by atoms with E-state index in [4.69, 9.17) is 4.74 Å². The van der Waals surface area contributed by atoms with Crippen molar-refractivity contribution in [3.8, 4) is 0 Å². The third kappa shape index (κ3) is 3.53. The first-order valence-electron chi connectivity index (χ1n) is 8.16. The van der Waals surface area contributed by atoms with Gasteiger partial charge in [-0.3, -0.25) is 4.90 Å². The van der Waals surface area contributed by atoms with Crippen molar-refractivity contribution >= 4 is 11.8 Å². The van der Waals surface area contributed by atoms with Gasteiger partial charge in [-0.25, -0.2) is 4.79 Å². The van der Waals surface area contributed by atoms with Crippen LogP contribution in [0.25, 0.3) is 0 Å². The molecule has 1 amide bonds. The molecular formula is C17H25N3O2. The number of rotatable bonds is 5. The number of cyclic esters (lactones) is 1. The van der Waals surface area contributed by atoms with Crippen LogP contribution in [0.4, 0.5) is 10.5 Å². The zero-order valence-electron chi connectivity index (χ0n) is 13.3. The Labute approximate surface area is 132 Å². The molecule has 2 fully saturated rings. The second kappa shape index (κ2) is 7.01. The van der Waals surface area contributed by atoms with Crippen molar-refractivity contribution in [1.82, 2.24) is 9.80 Å². The van der Waals surface area contributed by atoms with Gasteiger partial charge in [-0.05, 0) is 32.0 Å². The van der Waals surface area contributed by atoms with Crippen LogP contribution in [0.1, 0.15) is 12.8 Å². The Hall–Kier alpha value is -1.75. The molecule has 0 spiro atoms. The number of ether oxygens (including phenoxy) is 1. The lowest BCUT2D eigenvalue weighted by molar-refractivity contribution is 0.149. The van der Waals surface area contributed by atoms with Crippen LogP contribution in [0.5, 0.6) is 0 Å². The molecule has 2 aliphatic rings. The highest BCUT2D eigenvalue weighted by Gasteiger charge is 2.26. The fourth-order valence-corrected chi connectivity index (χ4v) is 3.28. The molecule has 0 N–H and O–H groups in total. The molecular weight excluding hydrogens is 278 g/mol. The van der Waals surface area contributed by atoms with Gasteiger partial charge in [-0.1, -0.05) is 18.2 Å². The summed E-state index contributed by atoms with van der Waals surface area (Å²) in [7, 11) is 2.17. The van der Waals surface area contributed by atoms with Crippen LogP contribution in [0, 0.1) is 0 Å². The SMILES string of the molecule is CN(CCN1CCOC1=O)C1CCCN(c2ccccc2)C1. The summed E-state index contributed by atoms with van der Waals surface area (Å²) in [5.74, 6) is 0. The van der Waals surface area contributed by atoms with Gasteiger partial charge in [0.15, 0.2) is 0 Å². The number of amides is 1. The number of hydrogen-bond acceptors (Lipinski definition) is 4. The topological polar surface area (TPSA) is 36.0 Å². The van der Waals surface area contributed by atoms with Crippen LogP contribution in [-0.2, 0) is 4.74 Å². The third-order valence-corrected chi connectivity index (χ3v) is 4.71. The smallest absolute Gasteiger partial charge is 0.409 e. The molecule has 1 aromatic carbocycles. The minimum Gasteiger partial charge on any atom is -0.448 e. The quantitative estimate of drug-likeness (QED) is 0.834. The van der Waals surface area contributed by atoms with Gasteiger partial charge in [0, 0.05) is 37.9 Å². The lowest BCUT2D eigenvalue weighted by Gasteiger charge is -2.39. The third-order valence-electron chi connectivity index (χ3n) is 4.71. The van der Waals surface area contributed by atoms with Crippen LogP contribution in [0.2, 0.25) is 0 Å². The molecule has 1 atom stereocenters. The van der Waals surface area contributed by atoms with Crippen molar-refractivity contribution in [2.24, 2.45) is 0 Å². The van der Waals surface area contributed by atoms with Crippen molar-refractivity contribution in [3.63, 3.8) is 0 Å². The maximum atomic E-state index is 11.5. The normalized spacial score (nSPS) is 22.3. The standard InChI is InChI=1S/C17H25N3O2/c1-18(10-11-19-12-13-22-17(19)21)16-8-5-9-20(14-16)15-6-3-2-4-7-15/h2-4,6-7,16H,5,8-14H2,1H3. The van der Waals surface area contributed by atoms with Gasteiger partial charge >= 0.3 is 6.09 Å². The first-order valence-corrected chi connectivity index (χ1v) is 8.16. The van der Waals surface area contributed by atoms with E-state index < -0.39 is 0 Å². The monoisotopic (exact) mass is 303 g/mol. The maximum absolute atomic E-state index is 11.5. The summed E-state index contributed by atoms with van der Waals surface area (Å²) in [5, 5.41) is 0. The predicted molar refractivity (Wildman–Crippen MR) is 87.2 cm³/mol. The molecule has 2 aliphatic heterocycles. The first kappa shape index (κ1) is 15.2. The van der Waals surface area contributed by atoms with E-state index in [2.05, 4.69) is 47.2 Å². The Morgan fingerprint density at radius 1 is 1.27 bits per heavy atom. The molecule has 1 aromatic rings. The van der Waals surface area contributed by atoms with E-state index in [0.29, 0.717) is 12.6 Å². The average Bonchev–Trinajstić information content (AvgIpc) is 2.99. The summed E-state index contributed by atoms with van der Waals surface area (Å²) >= 11 is 0. The van der Waals surface area contributed by atoms with Crippen molar-refractivity contribution in [2.45, 2.75) is 18.9 Å². The van der Waals surface area contributed by atoms with Crippen LogP contribution in [0.15, 0.2) is 30.3 Å². The number of carbonyl (C=O) groups excluding carboxylic acids is 1. The Kier molecular flexibility index (Phi) is 4.83. The van der Waals surface area contributed by atoms with Gasteiger partial charge in [0.05, 0.1) is 6.54 Å². The largest absolute Gasteiger partial charge is 0.448 e. The first-order chi connectivity index (χ1) is 10.7. The molecule has 2 saturated heterocycles. The fourth-order valence-electron chi connectivity index (χ4n) is 3.28. The number of hydrogen-bond donors (Lipinski definition) is 0. The van der Waals surface area contributed by atoms with Gasteiger partial charge in [0.2, 0.25) is 0 Å². The molecule has 5 nitrogen and oxygen atoms in total. The van der Waals surface area contributed by atoms with Gasteiger partial charge in [-0.15, -0.1) is 0 Å². The average molecular weight is 303 g/mol. The molecule has 0 aliphatic carbocycles. The minimum atomic E-state index is -0.164. The van der Waals surface area contributed by atoms with Crippen LogP contribution >= 0.6 is 0 Å². The lowest BCUT2D eigenvalue weighted by atomic mass is 10.0. The Morgan fingerprint density at radius 3 is 2.82 bits per heavy atom. The van der Waals surface area contributed by atoms with Gasteiger partial charge in [0.1, 0.15) is 6.61 Å². The summed E-state index contributed by atoms with van der Waals surface area (Å²) in [6, 6.07) is 11.2. The molecule has 5 heteroatoms. The molecule has 120 valence electrons. The van der Waals surface area contributed by atoms with Gasteiger partial charge < -0.3 is 14.5 Å². The molecule has 1 unspecified atom stereocenters. The lowest BCUT2D eigenvalue weighted by Crippen LogP contribution is -2.48. The van der Waals surface area contributed by atoms with Crippen molar-refractivity contribution in [2.75, 3.05) is 51.3 Å². The number of carbonyl (C=O) groups is 1. The zero-order chi connectivity index (χ0) is 15.4. The molecule has 0 aromatic heterocycles. The number of piperidine rings is 1. The predicted octanol–water partition coefficient (Wildman–Crippen LogP) is 2.04.